The first-order chi connectivity index (χ1) is 6.84. The summed E-state index contributed by atoms with van der Waals surface area (Å²) >= 11 is 1.62. The highest BCUT2D eigenvalue weighted by atomic mass is 32.1. The van der Waals surface area contributed by atoms with Crippen molar-refractivity contribution < 1.29 is 4.52 Å². The molecular formula is C8H10N4OS. The van der Waals surface area contributed by atoms with Crippen molar-refractivity contribution >= 4 is 11.3 Å². The Bertz CT molecular complexity index is 384. The van der Waals surface area contributed by atoms with E-state index in [1.165, 1.54) is 4.88 Å². The summed E-state index contributed by atoms with van der Waals surface area (Å²) in [5.41, 5.74) is 1.81. The third-order valence-corrected chi connectivity index (χ3v) is 2.41. The topological polar surface area (TPSA) is 63.8 Å². The van der Waals surface area contributed by atoms with Crippen LogP contribution in [0.25, 0.3) is 0 Å². The fourth-order valence-corrected chi connectivity index (χ4v) is 1.60. The molecule has 0 aliphatic heterocycles. The van der Waals surface area contributed by atoms with Gasteiger partial charge < -0.3 is 9.84 Å². The first-order valence-electron chi connectivity index (χ1n) is 4.22. The summed E-state index contributed by atoms with van der Waals surface area (Å²) in [4.78, 5) is 9.25. The van der Waals surface area contributed by atoms with E-state index in [0.717, 1.165) is 6.54 Å². The molecule has 0 radical (unpaired) electrons. The molecule has 6 heteroatoms. The average molecular weight is 210 g/mol. The monoisotopic (exact) mass is 210 g/mol. The van der Waals surface area contributed by atoms with Crippen LogP contribution in [0.2, 0.25) is 0 Å². The third kappa shape index (κ3) is 2.36. The fraction of sp³-hybridized carbons (Fsp3) is 0.375. The molecule has 0 spiro atoms. The lowest BCUT2D eigenvalue weighted by Crippen LogP contribution is -2.11. The first kappa shape index (κ1) is 9.29. The van der Waals surface area contributed by atoms with Gasteiger partial charge in [0.15, 0.2) is 5.82 Å². The summed E-state index contributed by atoms with van der Waals surface area (Å²) in [6.45, 7) is 3.18. The molecule has 0 saturated carbocycles. The van der Waals surface area contributed by atoms with E-state index in [9.17, 15) is 0 Å². The normalized spacial score (nSPS) is 10.6. The Morgan fingerprint density at radius 2 is 2.43 bits per heavy atom. The SMILES string of the molecule is Cc1noc(CNCc2cncs2)n1. The molecule has 5 nitrogen and oxygen atoms in total. The highest BCUT2D eigenvalue weighted by Gasteiger charge is 2.01. The van der Waals surface area contributed by atoms with Gasteiger partial charge in [-0.1, -0.05) is 5.16 Å². The molecule has 0 bridgehead atoms. The summed E-state index contributed by atoms with van der Waals surface area (Å²) in [7, 11) is 0. The Morgan fingerprint density at radius 1 is 1.50 bits per heavy atom. The number of thiazole rings is 1. The number of nitrogens with zero attached hydrogens (tertiary/aromatic N) is 3. The van der Waals surface area contributed by atoms with E-state index in [1.54, 1.807) is 18.3 Å². The summed E-state index contributed by atoms with van der Waals surface area (Å²) < 4.78 is 4.95. The standard InChI is InChI=1S/C8H10N4OS/c1-6-11-8(13-12-6)4-9-2-7-3-10-5-14-7/h3,5,9H,2,4H2,1H3. The van der Waals surface area contributed by atoms with Crippen molar-refractivity contribution in [1.29, 1.82) is 0 Å². The van der Waals surface area contributed by atoms with Gasteiger partial charge in [-0.25, -0.2) is 0 Å². The lowest BCUT2D eigenvalue weighted by Gasteiger charge is -1.96. The maximum Gasteiger partial charge on any atom is 0.240 e. The van der Waals surface area contributed by atoms with Crippen molar-refractivity contribution in [3.8, 4) is 0 Å². The zero-order valence-electron chi connectivity index (χ0n) is 7.73. The molecule has 2 aromatic heterocycles. The predicted molar refractivity (Wildman–Crippen MR) is 51.7 cm³/mol. The molecule has 2 heterocycles. The third-order valence-electron chi connectivity index (χ3n) is 1.63. The van der Waals surface area contributed by atoms with Crippen LogP contribution < -0.4 is 5.32 Å². The summed E-state index contributed by atoms with van der Waals surface area (Å²) in [6.07, 6.45) is 1.84. The van der Waals surface area contributed by atoms with E-state index in [2.05, 4.69) is 20.4 Å². The van der Waals surface area contributed by atoms with Crippen LogP contribution in [0.4, 0.5) is 0 Å². The highest BCUT2D eigenvalue weighted by Crippen LogP contribution is 2.04. The van der Waals surface area contributed by atoms with Crippen molar-refractivity contribution in [2.75, 3.05) is 0 Å². The quantitative estimate of drug-likeness (QED) is 0.819. The van der Waals surface area contributed by atoms with Crippen molar-refractivity contribution in [1.82, 2.24) is 20.4 Å². The minimum absolute atomic E-state index is 0.596. The molecule has 0 aliphatic carbocycles. The van der Waals surface area contributed by atoms with E-state index in [4.69, 9.17) is 4.52 Å². The van der Waals surface area contributed by atoms with Gasteiger partial charge in [0.1, 0.15) is 0 Å². The number of hydrogen-bond acceptors (Lipinski definition) is 6. The molecule has 0 atom stereocenters. The molecule has 14 heavy (non-hydrogen) atoms. The zero-order chi connectivity index (χ0) is 9.80. The van der Waals surface area contributed by atoms with Crippen LogP contribution >= 0.6 is 11.3 Å². The van der Waals surface area contributed by atoms with E-state index in [0.29, 0.717) is 18.3 Å². The van der Waals surface area contributed by atoms with Gasteiger partial charge in [-0.3, -0.25) is 4.98 Å². The Labute approximate surface area is 85.2 Å². The fourth-order valence-electron chi connectivity index (χ4n) is 1.03. The van der Waals surface area contributed by atoms with Gasteiger partial charge >= 0.3 is 0 Å². The van der Waals surface area contributed by atoms with Crippen LogP contribution in [0.1, 0.15) is 16.6 Å². The second-order valence-corrected chi connectivity index (χ2v) is 3.78. The first-order valence-corrected chi connectivity index (χ1v) is 5.10. The Morgan fingerprint density at radius 3 is 3.07 bits per heavy atom. The average Bonchev–Trinajstić information content (AvgIpc) is 2.77. The van der Waals surface area contributed by atoms with Crippen molar-refractivity contribution in [3.05, 3.63) is 28.3 Å². The second kappa shape index (κ2) is 4.30. The molecule has 0 saturated heterocycles. The molecule has 0 amide bonds. The molecular weight excluding hydrogens is 200 g/mol. The molecule has 1 N–H and O–H groups in total. The van der Waals surface area contributed by atoms with Crippen LogP contribution in [-0.4, -0.2) is 15.1 Å². The van der Waals surface area contributed by atoms with Crippen molar-refractivity contribution in [3.63, 3.8) is 0 Å². The van der Waals surface area contributed by atoms with Gasteiger partial charge in [-0.15, -0.1) is 11.3 Å². The molecule has 0 aromatic carbocycles. The van der Waals surface area contributed by atoms with E-state index >= 15 is 0 Å². The second-order valence-electron chi connectivity index (χ2n) is 2.81. The maximum absolute atomic E-state index is 4.95. The van der Waals surface area contributed by atoms with E-state index < -0.39 is 0 Å². The van der Waals surface area contributed by atoms with Crippen LogP contribution in [-0.2, 0) is 13.1 Å². The molecule has 2 aromatic rings. The number of aryl methyl sites for hydroxylation is 1. The minimum Gasteiger partial charge on any atom is -0.338 e. The summed E-state index contributed by atoms with van der Waals surface area (Å²) in [5, 5.41) is 6.89. The smallest absolute Gasteiger partial charge is 0.240 e. The Kier molecular flexibility index (Phi) is 2.85. The van der Waals surface area contributed by atoms with Gasteiger partial charge in [0.2, 0.25) is 5.89 Å². The summed E-state index contributed by atoms with van der Waals surface area (Å²) in [6, 6.07) is 0. The number of rotatable bonds is 4. The zero-order valence-corrected chi connectivity index (χ0v) is 8.54. The van der Waals surface area contributed by atoms with Gasteiger partial charge in [0.25, 0.3) is 0 Å². The largest absolute Gasteiger partial charge is 0.338 e. The van der Waals surface area contributed by atoms with Crippen LogP contribution in [0.15, 0.2) is 16.2 Å². The molecule has 74 valence electrons. The van der Waals surface area contributed by atoms with Crippen LogP contribution in [0.3, 0.4) is 0 Å². The number of nitrogens with one attached hydrogen (secondary N) is 1. The molecule has 0 unspecified atom stereocenters. The Balaban J connectivity index is 1.78. The van der Waals surface area contributed by atoms with Gasteiger partial charge in [-0.2, -0.15) is 4.98 Å². The van der Waals surface area contributed by atoms with Crippen molar-refractivity contribution in [2.24, 2.45) is 0 Å². The van der Waals surface area contributed by atoms with Gasteiger partial charge in [0, 0.05) is 17.6 Å². The minimum atomic E-state index is 0.596. The summed E-state index contributed by atoms with van der Waals surface area (Å²) in [5.74, 6) is 1.28. The molecule has 0 fully saturated rings. The molecule has 2 rings (SSSR count). The van der Waals surface area contributed by atoms with Gasteiger partial charge in [-0.05, 0) is 6.92 Å². The number of aromatic nitrogens is 3. The van der Waals surface area contributed by atoms with Gasteiger partial charge in [0.05, 0.1) is 12.1 Å². The van der Waals surface area contributed by atoms with E-state index in [1.807, 2.05) is 11.7 Å². The molecule has 0 aliphatic rings. The predicted octanol–water partition coefficient (Wildman–Crippen LogP) is 1.12. The lowest BCUT2D eigenvalue weighted by molar-refractivity contribution is 0.364. The van der Waals surface area contributed by atoms with Crippen LogP contribution in [0, 0.1) is 6.92 Å². The van der Waals surface area contributed by atoms with Crippen LogP contribution in [0.5, 0.6) is 0 Å². The maximum atomic E-state index is 4.95. The lowest BCUT2D eigenvalue weighted by atomic mass is 10.5. The number of hydrogen-bond donors (Lipinski definition) is 1. The van der Waals surface area contributed by atoms with Crippen molar-refractivity contribution in [2.45, 2.75) is 20.0 Å². The Hall–Kier alpha value is -1.27. The highest BCUT2D eigenvalue weighted by molar-refractivity contribution is 7.09. The van der Waals surface area contributed by atoms with E-state index in [-0.39, 0.29) is 0 Å².